The summed E-state index contributed by atoms with van der Waals surface area (Å²) >= 11 is 0. The van der Waals surface area contributed by atoms with E-state index in [0.29, 0.717) is 5.76 Å². The van der Waals surface area contributed by atoms with Crippen LogP contribution in [-0.4, -0.2) is 17.4 Å². The zero-order valence-corrected chi connectivity index (χ0v) is 16.5. The van der Waals surface area contributed by atoms with Gasteiger partial charge >= 0.3 is 0 Å². The van der Waals surface area contributed by atoms with E-state index < -0.39 is 8.07 Å². The standard InChI is InChI=1S/C23H24NO2P/c1-2-3-5-13-20-19(17-10-6-4-7-11-17)16-27(24-20)23(25)22-15-18-12-8-9-14-21(18)26-22/h4,6-12,14-15,19H,2-3,5,13,16H2,1H3. The molecular formula is C23H24NO2P. The molecule has 0 N–H and O–H groups in total. The summed E-state index contributed by atoms with van der Waals surface area (Å²) < 4.78 is 10.8. The van der Waals surface area contributed by atoms with Crippen molar-refractivity contribution in [1.82, 2.24) is 0 Å². The monoisotopic (exact) mass is 377 g/mol. The number of unbranched alkanes of at least 4 members (excludes halogenated alkanes) is 2. The number of rotatable bonds is 7. The molecule has 1 aromatic heterocycles. The van der Waals surface area contributed by atoms with Crippen molar-refractivity contribution in [1.29, 1.82) is 0 Å². The molecule has 0 saturated heterocycles. The first-order chi connectivity index (χ1) is 13.3. The van der Waals surface area contributed by atoms with Gasteiger partial charge in [0.2, 0.25) is 5.52 Å². The number of hydrogen-bond donors (Lipinski definition) is 0. The maximum atomic E-state index is 13.1. The smallest absolute Gasteiger partial charge is 0.241 e. The zero-order valence-electron chi connectivity index (χ0n) is 15.6. The molecule has 2 unspecified atom stereocenters. The maximum absolute atomic E-state index is 13.1. The topological polar surface area (TPSA) is 42.6 Å². The van der Waals surface area contributed by atoms with E-state index in [1.165, 1.54) is 24.1 Å². The van der Waals surface area contributed by atoms with Crippen LogP contribution in [0.5, 0.6) is 0 Å². The molecule has 2 atom stereocenters. The largest absolute Gasteiger partial charge is 0.452 e. The number of benzene rings is 2. The molecule has 0 bridgehead atoms. The minimum Gasteiger partial charge on any atom is -0.452 e. The third kappa shape index (κ3) is 3.89. The number of para-hydroxylation sites is 1. The molecule has 2 heterocycles. The third-order valence-corrected chi connectivity index (χ3v) is 7.01. The van der Waals surface area contributed by atoms with E-state index in [2.05, 4.69) is 31.2 Å². The average molecular weight is 377 g/mol. The fourth-order valence-electron chi connectivity index (χ4n) is 3.65. The molecule has 0 saturated carbocycles. The minimum atomic E-state index is -1.09. The molecule has 3 aromatic rings. The Balaban J connectivity index is 1.59. The van der Waals surface area contributed by atoms with Gasteiger partial charge in [0.05, 0.1) is 8.07 Å². The summed E-state index contributed by atoms with van der Waals surface area (Å²) in [5, 5.41) is 0.974. The van der Waals surface area contributed by atoms with E-state index in [9.17, 15) is 4.79 Å². The molecule has 138 valence electrons. The van der Waals surface area contributed by atoms with Gasteiger partial charge in [-0.05, 0) is 30.5 Å². The highest BCUT2D eigenvalue weighted by atomic mass is 31.1. The zero-order chi connectivity index (χ0) is 18.6. The highest BCUT2D eigenvalue weighted by Crippen LogP contribution is 2.52. The lowest BCUT2D eigenvalue weighted by Gasteiger charge is -2.13. The van der Waals surface area contributed by atoms with Crippen molar-refractivity contribution in [3.05, 3.63) is 72.0 Å². The maximum Gasteiger partial charge on any atom is 0.241 e. The number of nitrogens with zero attached hydrogens (tertiary/aromatic N) is 1. The highest BCUT2D eigenvalue weighted by Gasteiger charge is 2.35. The van der Waals surface area contributed by atoms with Gasteiger partial charge in [0.1, 0.15) is 5.58 Å². The predicted molar refractivity (Wildman–Crippen MR) is 113 cm³/mol. The average Bonchev–Trinajstić information content (AvgIpc) is 3.33. The Morgan fingerprint density at radius 1 is 1.11 bits per heavy atom. The Labute approximate surface area is 161 Å². The van der Waals surface area contributed by atoms with Crippen LogP contribution in [0.1, 0.15) is 54.6 Å². The van der Waals surface area contributed by atoms with Gasteiger partial charge in [-0.25, -0.2) is 0 Å². The summed E-state index contributed by atoms with van der Waals surface area (Å²) in [4.78, 5) is 13.1. The van der Waals surface area contributed by atoms with E-state index in [4.69, 9.17) is 9.18 Å². The SMILES string of the molecule is CCCCCC1=NP(C(=O)c2cc3ccccc3o2)CC1c1ccccc1. The van der Waals surface area contributed by atoms with Crippen molar-refractivity contribution < 1.29 is 9.21 Å². The van der Waals surface area contributed by atoms with Gasteiger partial charge in [-0.2, -0.15) is 0 Å². The number of fused-ring (bicyclic) bond motifs is 1. The van der Waals surface area contributed by atoms with E-state index in [1.54, 1.807) is 0 Å². The Bertz CT molecular complexity index is 928. The molecule has 3 nitrogen and oxygen atoms in total. The molecule has 4 heteroatoms. The van der Waals surface area contributed by atoms with Crippen LogP contribution >= 0.6 is 8.07 Å². The first-order valence-corrected chi connectivity index (χ1v) is 11.2. The Morgan fingerprint density at radius 3 is 2.67 bits per heavy atom. The van der Waals surface area contributed by atoms with Gasteiger partial charge in [-0.1, -0.05) is 68.3 Å². The summed E-state index contributed by atoms with van der Waals surface area (Å²) in [6.45, 7) is 2.21. The van der Waals surface area contributed by atoms with Gasteiger partial charge < -0.3 is 4.42 Å². The predicted octanol–water partition coefficient (Wildman–Crippen LogP) is 6.79. The van der Waals surface area contributed by atoms with Crippen LogP contribution in [0.4, 0.5) is 0 Å². The lowest BCUT2D eigenvalue weighted by Crippen LogP contribution is -2.11. The van der Waals surface area contributed by atoms with Crippen LogP contribution in [0.15, 0.2) is 69.8 Å². The normalized spacial score (nSPS) is 19.4. The van der Waals surface area contributed by atoms with E-state index in [-0.39, 0.29) is 11.4 Å². The van der Waals surface area contributed by atoms with Crippen LogP contribution in [0.3, 0.4) is 0 Å². The summed E-state index contributed by atoms with van der Waals surface area (Å²) in [5.41, 5.74) is 3.30. The van der Waals surface area contributed by atoms with Gasteiger partial charge in [-0.3, -0.25) is 9.56 Å². The first-order valence-electron chi connectivity index (χ1n) is 9.69. The van der Waals surface area contributed by atoms with Gasteiger partial charge in [-0.15, -0.1) is 0 Å². The van der Waals surface area contributed by atoms with Crippen molar-refractivity contribution in [2.24, 2.45) is 4.76 Å². The molecule has 0 fully saturated rings. The van der Waals surface area contributed by atoms with E-state index in [1.807, 2.05) is 36.4 Å². The number of carbonyl (C=O) groups excluding carboxylic acids is 1. The van der Waals surface area contributed by atoms with Crippen LogP contribution in [0.2, 0.25) is 0 Å². The fourth-order valence-corrected chi connectivity index (χ4v) is 5.67. The Morgan fingerprint density at radius 2 is 1.89 bits per heavy atom. The molecular weight excluding hydrogens is 353 g/mol. The second-order valence-electron chi connectivity index (χ2n) is 7.05. The Kier molecular flexibility index (Phi) is 5.50. The first kappa shape index (κ1) is 18.1. The molecule has 2 aromatic carbocycles. The lowest BCUT2D eigenvalue weighted by molar-refractivity contribution is 0.106. The van der Waals surface area contributed by atoms with E-state index >= 15 is 0 Å². The van der Waals surface area contributed by atoms with Gasteiger partial charge in [0.15, 0.2) is 5.76 Å². The van der Waals surface area contributed by atoms with Crippen molar-refractivity contribution in [2.75, 3.05) is 6.16 Å². The molecule has 0 radical (unpaired) electrons. The van der Waals surface area contributed by atoms with Crippen molar-refractivity contribution >= 4 is 30.3 Å². The molecule has 27 heavy (non-hydrogen) atoms. The second kappa shape index (κ2) is 8.19. The Hall–Kier alpha value is -2.25. The number of hydrogen-bond acceptors (Lipinski definition) is 3. The van der Waals surface area contributed by atoms with Gasteiger partial charge in [0.25, 0.3) is 0 Å². The summed E-state index contributed by atoms with van der Waals surface area (Å²) in [5.74, 6) is 0.718. The van der Waals surface area contributed by atoms with Gasteiger partial charge in [0, 0.05) is 23.2 Å². The molecule has 1 aliphatic rings. The molecule has 0 amide bonds. The van der Waals surface area contributed by atoms with E-state index in [0.717, 1.165) is 30.0 Å². The minimum absolute atomic E-state index is 0.0626. The summed E-state index contributed by atoms with van der Waals surface area (Å²) in [6, 6.07) is 20.1. The third-order valence-electron chi connectivity index (χ3n) is 5.12. The fraction of sp³-hybridized carbons (Fsp3) is 0.304. The van der Waals surface area contributed by atoms with Crippen LogP contribution in [-0.2, 0) is 0 Å². The molecule has 0 spiro atoms. The number of carbonyl (C=O) groups is 1. The van der Waals surface area contributed by atoms with Crippen LogP contribution in [0, 0.1) is 0 Å². The summed E-state index contributed by atoms with van der Waals surface area (Å²) in [7, 11) is -1.09. The van der Waals surface area contributed by atoms with Crippen molar-refractivity contribution in [2.45, 2.75) is 38.5 Å². The highest BCUT2D eigenvalue weighted by molar-refractivity contribution is 7.75. The van der Waals surface area contributed by atoms with Crippen LogP contribution in [0.25, 0.3) is 11.0 Å². The van der Waals surface area contributed by atoms with Crippen molar-refractivity contribution in [3.8, 4) is 0 Å². The summed E-state index contributed by atoms with van der Waals surface area (Å²) in [6.07, 6.45) is 5.32. The molecule has 4 rings (SSSR count). The quantitative estimate of drug-likeness (QED) is 0.336. The van der Waals surface area contributed by atoms with Crippen molar-refractivity contribution in [3.63, 3.8) is 0 Å². The van der Waals surface area contributed by atoms with Crippen LogP contribution < -0.4 is 0 Å². The molecule has 1 aliphatic heterocycles. The molecule has 0 aliphatic carbocycles. The second-order valence-corrected chi connectivity index (χ2v) is 8.82. The lowest BCUT2D eigenvalue weighted by atomic mass is 9.93. The number of furan rings is 1.